The molecule has 0 aliphatic rings. The minimum absolute atomic E-state index is 0.00126. The van der Waals surface area contributed by atoms with E-state index in [0.717, 1.165) is 0 Å². The van der Waals surface area contributed by atoms with Crippen LogP contribution >= 0.6 is 0 Å². The van der Waals surface area contributed by atoms with E-state index in [-0.39, 0.29) is 22.5 Å². The standard InChI is InChI=1S/C13H8N4O5/c18-13(19)7-1-3-8(4-2-7)14-12-10(17(20)21)6-5-9-11(12)16-22-15-9/h1-6,14H,(H,18,19)/p-1. The van der Waals surface area contributed by atoms with Crippen LogP contribution in [0.2, 0.25) is 0 Å². The summed E-state index contributed by atoms with van der Waals surface area (Å²) >= 11 is 0. The maximum absolute atomic E-state index is 11.1. The average molecular weight is 299 g/mol. The SMILES string of the molecule is O=C([O-])c1ccc(Nc2c([N+](=O)[O-])ccc3nonc23)cc1. The Balaban J connectivity index is 2.05. The highest BCUT2D eigenvalue weighted by atomic mass is 16.6. The van der Waals surface area contributed by atoms with Crippen molar-refractivity contribution in [1.82, 2.24) is 10.3 Å². The Morgan fingerprint density at radius 1 is 1.14 bits per heavy atom. The van der Waals surface area contributed by atoms with E-state index in [9.17, 15) is 20.0 Å². The first-order chi connectivity index (χ1) is 10.6. The quantitative estimate of drug-likeness (QED) is 0.561. The van der Waals surface area contributed by atoms with Crippen molar-refractivity contribution in [1.29, 1.82) is 0 Å². The maximum atomic E-state index is 11.1. The van der Waals surface area contributed by atoms with E-state index in [1.807, 2.05) is 0 Å². The molecule has 0 amide bonds. The minimum Gasteiger partial charge on any atom is -0.545 e. The highest BCUT2D eigenvalue weighted by Gasteiger charge is 2.20. The van der Waals surface area contributed by atoms with Gasteiger partial charge in [0.25, 0.3) is 5.69 Å². The molecule has 1 aromatic heterocycles. The Bertz CT molecular complexity index is 872. The third-order valence-corrected chi connectivity index (χ3v) is 2.99. The van der Waals surface area contributed by atoms with E-state index in [0.29, 0.717) is 11.2 Å². The Morgan fingerprint density at radius 2 is 1.86 bits per heavy atom. The number of fused-ring (bicyclic) bond motifs is 1. The van der Waals surface area contributed by atoms with E-state index in [2.05, 4.69) is 20.3 Å². The van der Waals surface area contributed by atoms with Gasteiger partial charge in [-0.2, -0.15) is 0 Å². The van der Waals surface area contributed by atoms with Crippen molar-refractivity contribution in [2.75, 3.05) is 5.32 Å². The summed E-state index contributed by atoms with van der Waals surface area (Å²) in [5.41, 5.74) is 0.930. The fraction of sp³-hybridized carbons (Fsp3) is 0. The number of nitro groups is 1. The lowest BCUT2D eigenvalue weighted by atomic mass is 10.2. The lowest BCUT2D eigenvalue weighted by Crippen LogP contribution is -2.21. The molecule has 0 unspecified atom stereocenters. The van der Waals surface area contributed by atoms with E-state index in [1.54, 1.807) is 0 Å². The van der Waals surface area contributed by atoms with Gasteiger partial charge in [-0.1, -0.05) is 12.1 Å². The van der Waals surface area contributed by atoms with Gasteiger partial charge in [0.15, 0.2) is 5.52 Å². The summed E-state index contributed by atoms with van der Waals surface area (Å²) in [5, 5.41) is 31.9. The minimum atomic E-state index is -1.31. The van der Waals surface area contributed by atoms with E-state index in [1.165, 1.54) is 36.4 Å². The number of carboxylic acid groups (broad SMARTS) is 1. The molecule has 2 aromatic carbocycles. The lowest BCUT2D eigenvalue weighted by molar-refractivity contribution is -0.383. The predicted octanol–water partition coefficient (Wildman–Crippen LogP) is 1.24. The maximum Gasteiger partial charge on any atom is 0.295 e. The second kappa shape index (κ2) is 5.13. The fourth-order valence-electron chi connectivity index (χ4n) is 1.95. The van der Waals surface area contributed by atoms with Crippen LogP contribution in [-0.2, 0) is 0 Å². The average Bonchev–Trinajstić information content (AvgIpc) is 2.96. The highest BCUT2D eigenvalue weighted by Crippen LogP contribution is 2.33. The smallest absolute Gasteiger partial charge is 0.295 e. The second-order valence-electron chi connectivity index (χ2n) is 4.34. The monoisotopic (exact) mass is 299 g/mol. The third kappa shape index (κ3) is 2.30. The number of carbonyl (C=O) groups is 1. The molecule has 22 heavy (non-hydrogen) atoms. The summed E-state index contributed by atoms with van der Waals surface area (Å²) < 4.78 is 4.58. The number of nitro benzene ring substituents is 1. The van der Waals surface area contributed by atoms with Crippen LogP contribution in [0.3, 0.4) is 0 Å². The summed E-state index contributed by atoms with van der Waals surface area (Å²) in [6.07, 6.45) is 0. The molecular weight excluding hydrogens is 292 g/mol. The van der Waals surface area contributed by atoms with Crippen LogP contribution in [0.25, 0.3) is 11.0 Å². The molecule has 3 aromatic rings. The van der Waals surface area contributed by atoms with E-state index >= 15 is 0 Å². The van der Waals surface area contributed by atoms with Gasteiger partial charge in [-0.05, 0) is 34.1 Å². The molecule has 0 atom stereocenters. The molecular formula is C13H7N4O5-. The van der Waals surface area contributed by atoms with Gasteiger partial charge in [-0.3, -0.25) is 10.1 Å². The Morgan fingerprint density at radius 3 is 2.50 bits per heavy atom. The predicted molar refractivity (Wildman–Crippen MR) is 72.5 cm³/mol. The first kappa shape index (κ1) is 13.5. The van der Waals surface area contributed by atoms with Crippen molar-refractivity contribution in [3.63, 3.8) is 0 Å². The van der Waals surface area contributed by atoms with Gasteiger partial charge in [0.1, 0.15) is 11.2 Å². The third-order valence-electron chi connectivity index (χ3n) is 2.99. The van der Waals surface area contributed by atoms with Crippen LogP contribution in [0, 0.1) is 10.1 Å². The first-order valence-electron chi connectivity index (χ1n) is 6.04. The van der Waals surface area contributed by atoms with Crippen LogP contribution in [0.1, 0.15) is 10.4 Å². The summed E-state index contributed by atoms with van der Waals surface area (Å²) in [6, 6.07) is 8.27. The number of benzene rings is 2. The number of hydrogen-bond acceptors (Lipinski definition) is 8. The summed E-state index contributed by atoms with van der Waals surface area (Å²) in [5.74, 6) is -1.31. The van der Waals surface area contributed by atoms with Crippen LogP contribution < -0.4 is 10.4 Å². The molecule has 0 fully saturated rings. The zero-order chi connectivity index (χ0) is 15.7. The number of aromatic carboxylic acids is 1. The van der Waals surface area contributed by atoms with Gasteiger partial charge in [0.05, 0.1) is 10.9 Å². The van der Waals surface area contributed by atoms with Crippen molar-refractivity contribution >= 4 is 34.1 Å². The lowest BCUT2D eigenvalue weighted by Gasteiger charge is -2.08. The van der Waals surface area contributed by atoms with Crippen molar-refractivity contribution in [3.05, 3.63) is 52.1 Å². The fourth-order valence-corrected chi connectivity index (χ4v) is 1.95. The molecule has 0 saturated heterocycles. The normalized spacial score (nSPS) is 10.5. The molecule has 0 aliphatic carbocycles. The van der Waals surface area contributed by atoms with Crippen molar-refractivity contribution < 1.29 is 19.5 Å². The van der Waals surface area contributed by atoms with Crippen molar-refractivity contribution in [3.8, 4) is 0 Å². The zero-order valence-electron chi connectivity index (χ0n) is 10.8. The zero-order valence-corrected chi connectivity index (χ0v) is 10.8. The molecule has 110 valence electrons. The topological polar surface area (TPSA) is 134 Å². The molecule has 9 heteroatoms. The number of nitrogens with one attached hydrogen (secondary N) is 1. The van der Waals surface area contributed by atoms with E-state index in [4.69, 9.17) is 0 Å². The summed E-state index contributed by atoms with van der Waals surface area (Å²) in [7, 11) is 0. The summed E-state index contributed by atoms with van der Waals surface area (Å²) in [4.78, 5) is 21.3. The van der Waals surface area contributed by atoms with Gasteiger partial charge in [0.2, 0.25) is 0 Å². The largest absolute Gasteiger partial charge is 0.545 e. The van der Waals surface area contributed by atoms with Crippen LogP contribution in [-0.4, -0.2) is 21.2 Å². The van der Waals surface area contributed by atoms with Crippen molar-refractivity contribution in [2.24, 2.45) is 0 Å². The number of hydrogen-bond donors (Lipinski definition) is 1. The number of carbonyl (C=O) groups excluding carboxylic acids is 1. The van der Waals surface area contributed by atoms with Gasteiger partial charge in [-0.15, -0.1) is 0 Å². The van der Waals surface area contributed by atoms with Crippen LogP contribution in [0.15, 0.2) is 41.0 Å². The van der Waals surface area contributed by atoms with Crippen LogP contribution in [0.4, 0.5) is 17.1 Å². The number of aromatic nitrogens is 2. The molecule has 0 saturated carbocycles. The van der Waals surface area contributed by atoms with Gasteiger partial charge in [-0.25, -0.2) is 4.63 Å². The number of rotatable bonds is 4. The Hall–Kier alpha value is -3.49. The molecule has 0 bridgehead atoms. The Kier molecular flexibility index (Phi) is 3.14. The van der Waals surface area contributed by atoms with Gasteiger partial charge < -0.3 is 15.2 Å². The second-order valence-corrected chi connectivity index (χ2v) is 4.34. The highest BCUT2D eigenvalue weighted by molar-refractivity contribution is 5.95. The molecule has 0 radical (unpaired) electrons. The van der Waals surface area contributed by atoms with Gasteiger partial charge in [0, 0.05) is 11.8 Å². The molecule has 0 spiro atoms. The van der Waals surface area contributed by atoms with Gasteiger partial charge >= 0.3 is 0 Å². The van der Waals surface area contributed by atoms with Crippen molar-refractivity contribution in [2.45, 2.75) is 0 Å². The van der Waals surface area contributed by atoms with Crippen LogP contribution in [0.5, 0.6) is 0 Å². The molecule has 0 aliphatic heterocycles. The molecule has 9 nitrogen and oxygen atoms in total. The Labute approximate surface area is 122 Å². The van der Waals surface area contributed by atoms with E-state index < -0.39 is 10.9 Å². The molecule has 3 rings (SSSR count). The summed E-state index contributed by atoms with van der Waals surface area (Å²) in [6.45, 7) is 0. The number of nitrogens with zero attached hydrogens (tertiary/aromatic N) is 3. The molecule has 1 heterocycles. The molecule has 1 N–H and O–H groups in total. The number of anilines is 2. The number of carboxylic acids is 1. The first-order valence-corrected chi connectivity index (χ1v) is 6.04.